The van der Waals surface area contributed by atoms with E-state index in [0.717, 1.165) is 11.3 Å². The van der Waals surface area contributed by atoms with Crippen LogP contribution in [-0.4, -0.2) is 28.4 Å². The van der Waals surface area contributed by atoms with Crippen LogP contribution in [0.5, 0.6) is 5.75 Å². The highest BCUT2D eigenvalue weighted by atomic mass is 16.6. The third kappa shape index (κ3) is 4.13. The molecule has 0 atom stereocenters. The van der Waals surface area contributed by atoms with Gasteiger partial charge >= 0.3 is 6.09 Å². The van der Waals surface area contributed by atoms with Gasteiger partial charge in [0.05, 0.1) is 7.11 Å². The molecule has 0 saturated heterocycles. The molecule has 0 fully saturated rings. The molecule has 2 rings (SSSR count). The Kier molecular flexibility index (Phi) is 4.52. The standard InChI is InChI=1S/C17H18N2O3/c1-17(2,3)22-16(20)19-12-11-18-15(19)10-7-13-5-8-14(21-4)9-6-13/h5-6,8-9,11-12H,1-4H3. The zero-order valence-electron chi connectivity index (χ0n) is 13.1. The molecule has 1 aromatic carbocycles. The van der Waals surface area contributed by atoms with Crippen molar-refractivity contribution in [3.05, 3.63) is 48.0 Å². The van der Waals surface area contributed by atoms with Gasteiger partial charge in [0.1, 0.15) is 11.4 Å². The second kappa shape index (κ2) is 6.35. The summed E-state index contributed by atoms with van der Waals surface area (Å²) in [5.41, 5.74) is 0.238. The number of hydrogen-bond donors (Lipinski definition) is 0. The average Bonchev–Trinajstić information content (AvgIpc) is 2.92. The molecular weight excluding hydrogens is 280 g/mol. The number of ether oxygens (including phenoxy) is 2. The minimum absolute atomic E-state index is 0.338. The second-order valence-corrected chi connectivity index (χ2v) is 5.58. The van der Waals surface area contributed by atoms with Crippen LogP contribution >= 0.6 is 0 Å². The largest absolute Gasteiger partial charge is 0.497 e. The number of aromatic nitrogens is 2. The monoisotopic (exact) mass is 298 g/mol. The van der Waals surface area contributed by atoms with Crippen molar-refractivity contribution in [1.29, 1.82) is 0 Å². The molecule has 1 aromatic heterocycles. The summed E-state index contributed by atoms with van der Waals surface area (Å²) in [6.07, 6.45) is 2.55. The summed E-state index contributed by atoms with van der Waals surface area (Å²) >= 11 is 0. The van der Waals surface area contributed by atoms with Gasteiger partial charge in [-0.3, -0.25) is 0 Å². The van der Waals surface area contributed by atoms with E-state index in [1.165, 1.54) is 17.0 Å². The molecule has 0 aliphatic heterocycles. The SMILES string of the molecule is COc1ccc(C#Cc2nccn2C(=O)OC(C)(C)C)cc1. The zero-order chi connectivity index (χ0) is 16.2. The van der Waals surface area contributed by atoms with Crippen molar-refractivity contribution in [2.45, 2.75) is 26.4 Å². The molecule has 0 saturated carbocycles. The lowest BCUT2D eigenvalue weighted by Gasteiger charge is -2.19. The number of hydrogen-bond acceptors (Lipinski definition) is 4. The van der Waals surface area contributed by atoms with Crippen LogP contribution in [0.2, 0.25) is 0 Å². The van der Waals surface area contributed by atoms with Crippen molar-refractivity contribution in [1.82, 2.24) is 9.55 Å². The van der Waals surface area contributed by atoms with Crippen LogP contribution in [0.4, 0.5) is 4.79 Å². The first kappa shape index (κ1) is 15.6. The highest BCUT2D eigenvalue weighted by Crippen LogP contribution is 2.11. The van der Waals surface area contributed by atoms with Crippen molar-refractivity contribution in [2.75, 3.05) is 7.11 Å². The topological polar surface area (TPSA) is 53.4 Å². The van der Waals surface area contributed by atoms with Crippen molar-refractivity contribution in [2.24, 2.45) is 0 Å². The molecule has 5 nitrogen and oxygen atoms in total. The molecule has 0 N–H and O–H groups in total. The highest BCUT2D eigenvalue weighted by molar-refractivity contribution is 5.72. The van der Waals surface area contributed by atoms with E-state index in [2.05, 4.69) is 16.8 Å². The fraction of sp³-hybridized carbons (Fsp3) is 0.294. The Labute approximate surface area is 129 Å². The summed E-state index contributed by atoms with van der Waals surface area (Å²) in [7, 11) is 1.61. The van der Waals surface area contributed by atoms with E-state index in [-0.39, 0.29) is 0 Å². The van der Waals surface area contributed by atoms with Crippen molar-refractivity contribution >= 4 is 6.09 Å². The molecule has 0 spiro atoms. The van der Waals surface area contributed by atoms with E-state index in [1.54, 1.807) is 7.11 Å². The summed E-state index contributed by atoms with van der Waals surface area (Å²) in [6.45, 7) is 5.43. The van der Waals surface area contributed by atoms with Gasteiger partial charge in [-0.15, -0.1) is 0 Å². The maximum absolute atomic E-state index is 12.1. The first-order chi connectivity index (χ1) is 10.4. The normalized spacial score (nSPS) is 10.5. The lowest BCUT2D eigenvalue weighted by Crippen LogP contribution is -2.27. The third-order valence-corrected chi connectivity index (χ3v) is 2.64. The molecule has 1 heterocycles. The van der Waals surface area contributed by atoms with E-state index in [1.807, 2.05) is 45.0 Å². The van der Waals surface area contributed by atoms with Gasteiger partial charge in [0.2, 0.25) is 0 Å². The lowest BCUT2D eigenvalue weighted by atomic mass is 10.2. The predicted molar refractivity (Wildman–Crippen MR) is 82.8 cm³/mol. The van der Waals surface area contributed by atoms with Crippen LogP contribution < -0.4 is 4.74 Å². The second-order valence-electron chi connectivity index (χ2n) is 5.58. The van der Waals surface area contributed by atoms with Crippen molar-refractivity contribution in [3.8, 4) is 17.6 Å². The number of imidazole rings is 1. The van der Waals surface area contributed by atoms with Gasteiger partial charge in [0, 0.05) is 18.0 Å². The van der Waals surface area contributed by atoms with E-state index in [9.17, 15) is 4.79 Å². The van der Waals surface area contributed by atoms with Crippen LogP contribution in [0, 0.1) is 11.8 Å². The number of nitrogens with zero attached hydrogens (tertiary/aromatic N) is 2. The molecule has 0 unspecified atom stereocenters. The van der Waals surface area contributed by atoms with E-state index < -0.39 is 11.7 Å². The summed E-state index contributed by atoms with van der Waals surface area (Å²) in [6, 6.07) is 7.33. The van der Waals surface area contributed by atoms with Gasteiger partial charge in [-0.25, -0.2) is 14.3 Å². The maximum atomic E-state index is 12.1. The predicted octanol–water partition coefficient (Wildman–Crippen LogP) is 3.07. The van der Waals surface area contributed by atoms with Crippen LogP contribution in [0.3, 0.4) is 0 Å². The quantitative estimate of drug-likeness (QED) is 0.759. The molecule has 0 aliphatic carbocycles. The van der Waals surface area contributed by atoms with Crippen LogP contribution in [0.25, 0.3) is 0 Å². The van der Waals surface area contributed by atoms with Gasteiger partial charge in [-0.05, 0) is 51.0 Å². The first-order valence-corrected chi connectivity index (χ1v) is 6.82. The Morgan fingerprint density at radius 2 is 1.86 bits per heavy atom. The number of methoxy groups -OCH3 is 1. The van der Waals surface area contributed by atoms with Gasteiger partial charge in [-0.2, -0.15) is 0 Å². The van der Waals surface area contributed by atoms with Crippen LogP contribution in [0.1, 0.15) is 32.2 Å². The first-order valence-electron chi connectivity index (χ1n) is 6.82. The summed E-state index contributed by atoms with van der Waals surface area (Å²) in [5, 5.41) is 0. The fourth-order valence-corrected chi connectivity index (χ4v) is 1.66. The van der Waals surface area contributed by atoms with Crippen LogP contribution in [0.15, 0.2) is 36.7 Å². The molecule has 114 valence electrons. The van der Waals surface area contributed by atoms with Gasteiger partial charge < -0.3 is 9.47 Å². The summed E-state index contributed by atoms with van der Waals surface area (Å²) < 4.78 is 11.7. The van der Waals surface area contributed by atoms with Gasteiger partial charge in [0.25, 0.3) is 0 Å². The summed E-state index contributed by atoms with van der Waals surface area (Å²) in [5.74, 6) is 6.94. The molecule has 0 radical (unpaired) electrons. The Morgan fingerprint density at radius 1 is 1.18 bits per heavy atom. The van der Waals surface area contributed by atoms with E-state index in [4.69, 9.17) is 9.47 Å². The summed E-state index contributed by atoms with van der Waals surface area (Å²) in [4.78, 5) is 16.1. The van der Waals surface area contributed by atoms with Gasteiger partial charge in [-0.1, -0.05) is 5.92 Å². The molecule has 0 amide bonds. The molecule has 5 heteroatoms. The van der Waals surface area contributed by atoms with Crippen molar-refractivity contribution < 1.29 is 14.3 Å². The van der Waals surface area contributed by atoms with Crippen molar-refractivity contribution in [3.63, 3.8) is 0 Å². The Balaban J connectivity index is 2.19. The van der Waals surface area contributed by atoms with Crippen LogP contribution in [-0.2, 0) is 4.74 Å². The fourth-order valence-electron chi connectivity index (χ4n) is 1.66. The Hall–Kier alpha value is -2.74. The molecular formula is C17H18N2O3. The number of rotatable bonds is 1. The minimum Gasteiger partial charge on any atom is -0.497 e. The lowest BCUT2D eigenvalue weighted by molar-refractivity contribution is 0.0535. The number of carbonyl (C=O) groups excluding carboxylic acids is 1. The smallest absolute Gasteiger partial charge is 0.420 e. The minimum atomic E-state index is -0.567. The van der Waals surface area contributed by atoms with E-state index >= 15 is 0 Å². The molecule has 0 bridgehead atoms. The highest BCUT2D eigenvalue weighted by Gasteiger charge is 2.19. The molecule has 2 aromatic rings. The average molecular weight is 298 g/mol. The Morgan fingerprint density at radius 3 is 2.45 bits per heavy atom. The van der Waals surface area contributed by atoms with Gasteiger partial charge in [0.15, 0.2) is 5.82 Å². The van der Waals surface area contributed by atoms with E-state index in [0.29, 0.717) is 5.82 Å². The Bertz CT molecular complexity index is 713. The molecule has 22 heavy (non-hydrogen) atoms. The maximum Gasteiger partial charge on any atom is 0.420 e. The number of carbonyl (C=O) groups is 1. The molecule has 0 aliphatic rings. The zero-order valence-corrected chi connectivity index (χ0v) is 13.1. The number of benzene rings is 1. The third-order valence-electron chi connectivity index (χ3n) is 2.64.